The van der Waals surface area contributed by atoms with Gasteiger partial charge in [0, 0.05) is 42.5 Å². The predicted octanol–water partition coefficient (Wildman–Crippen LogP) is 2.64. The van der Waals surface area contributed by atoms with Crippen LogP contribution in [0.25, 0.3) is 16.9 Å². The Kier molecular flexibility index (Phi) is 5.79. The number of rotatable bonds is 6. The molecule has 1 atom stereocenters. The summed E-state index contributed by atoms with van der Waals surface area (Å²) in [5.41, 5.74) is 2.63. The number of amides is 1. The van der Waals surface area contributed by atoms with E-state index in [9.17, 15) is 23.3 Å². The van der Waals surface area contributed by atoms with E-state index in [1.54, 1.807) is 30.1 Å². The molecule has 1 unspecified atom stereocenters. The average Bonchev–Trinajstić information content (AvgIpc) is 3.37. The van der Waals surface area contributed by atoms with Crippen LogP contribution in [-0.2, 0) is 21.1 Å². The molecule has 0 saturated carbocycles. The summed E-state index contributed by atoms with van der Waals surface area (Å²) < 4.78 is 25.3. The first-order chi connectivity index (χ1) is 15.2. The number of nitro groups is 1. The van der Waals surface area contributed by atoms with Gasteiger partial charge in [-0.1, -0.05) is 18.2 Å². The normalized spacial score (nSPS) is 17.2. The highest BCUT2D eigenvalue weighted by Gasteiger charge is 2.33. The van der Waals surface area contributed by atoms with E-state index in [2.05, 4.69) is 5.10 Å². The average molecular weight is 455 g/mol. The molecule has 9 nitrogen and oxygen atoms in total. The molecule has 1 aliphatic rings. The Hall–Kier alpha value is -3.53. The molecule has 3 aromatic rings. The fraction of sp³-hybridized carbons (Fsp3) is 0.273. The molecule has 0 aliphatic carbocycles. The number of nitro benzene ring substituents is 1. The van der Waals surface area contributed by atoms with Crippen LogP contribution in [0.5, 0.6) is 0 Å². The van der Waals surface area contributed by atoms with Crippen molar-refractivity contribution >= 4 is 21.4 Å². The second-order valence-corrected chi connectivity index (χ2v) is 10.1. The third-order valence-corrected chi connectivity index (χ3v) is 7.40. The summed E-state index contributed by atoms with van der Waals surface area (Å²) in [5.74, 6) is -0.133. The Morgan fingerprint density at radius 1 is 1.19 bits per heavy atom. The number of sulfone groups is 1. The molecular weight excluding hydrogens is 432 g/mol. The SMILES string of the molecule is CN(C(=O)Cc1cn(-c2ccccc2)nc1-c1ccc([N+](=O)[O-])cc1)C1CCS(=O)(=O)C1. The Morgan fingerprint density at radius 3 is 2.47 bits per heavy atom. The van der Waals surface area contributed by atoms with Gasteiger partial charge in [-0.05, 0) is 30.7 Å². The quantitative estimate of drug-likeness (QED) is 0.418. The zero-order valence-corrected chi connectivity index (χ0v) is 18.2. The van der Waals surface area contributed by atoms with Crippen molar-refractivity contribution in [3.63, 3.8) is 0 Å². The molecule has 2 heterocycles. The summed E-state index contributed by atoms with van der Waals surface area (Å²) in [6, 6.07) is 15.1. The highest BCUT2D eigenvalue weighted by atomic mass is 32.2. The number of nitrogens with zero attached hydrogens (tertiary/aromatic N) is 4. The molecular formula is C22H22N4O5S. The summed E-state index contributed by atoms with van der Waals surface area (Å²) in [5, 5.41) is 15.6. The van der Waals surface area contributed by atoms with Gasteiger partial charge in [0.2, 0.25) is 5.91 Å². The topological polar surface area (TPSA) is 115 Å². The lowest BCUT2D eigenvalue weighted by Gasteiger charge is -2.23. The first kappa shape index (κ1) is 21.7. The summed E-state index contributed by atoms with van der Waals surface area (Å²) in [6.07, 6.45) is 2.23. The van der Waals surface area contributed by atoms with Crippen molar-refractivity contribution in [2.24, 2.45) is 0 Å². The zero-order valence-electron chi connectivity index (χ0n) is 17.4. The van der Waals surface area contributed by atoms with Crippen LogP contribution in [0.2, 0.25) is 0 Å². The van der Waals surface area contributed by atoms with Crippen molar-refractivity contribution in [3.8, 4) is 16.9 Å². The van der Waals surface area contributed by atoms with Crippen molar-refractivity contribution in [2.45, 2.75) is 18.9 Å². The van der Waals surface area contributed by atoms with E-state index < -0.39 is 14.8 Å². The van der Waals surface area contributed by atoms with Gasteiger partial charge in [-0.15, -0.1) is 0 Å². The minimum absolute atomic E-state index is 0.0201. The maximum Gasteiger partial charge on any atom is 0.269 e. The van der Waals surface area contributed by atoms with Crippen molar-refractivity contribution in [2.75, 3.05) is 18.6 Å². The fourth-order valence-electron chi connectivity index (χ4n) is 3.81. The van der Waals surface area contributed by atoms with Crippen molar-refractivity contribution in [1.82, 2.24) is 14.7 Å². The van der Waals surface area contributed by atoms with Crippen LogP contribution in [0.4, 0.5) is 5.69 Å². The van der Waals surface area contributed by atoms with Gasteiger partial charge in [0.15, 0.2) is 9.84 Å². The van der Waals surface area contributed by atoms with Gasteiger partial charge in [0.25, 0.3) is 5.69 Å². The molecule has 1 saturated heterocycles. The van der Waals surface area contributed by atoms with E-state index in [1.165, 1.54) is 17.0 Å². The number of benzene rings is 2. The van der Waals surface area contributed by atoms with Crippen molar-refractivity contribution < 1.29 is 18.1 Å². The third-order valence-electron chi connectivity index (χ3n) is 5.65. The number of hydrogen-bond acceptors (Lipinski definition) is 6. The number of non-ortho nitro benzene ring substituents is 1. The van der Waals surface area contributed by atoms with Gasteiger partial charge >= 0.3 is 0 Å². The summed E-state index contributed by atoms with van der Waals surface area (Å²) >= 11 is 0. The van der Waals surface area contributed by atoms with Gasteiger partial charge in [-0.25, -0.2) is 13.1 Å². The van der Waals surface area contributed by atoms with Crippen LogP contribution < -0.4 is 0 Å². The van der Waals surface area contributed by atoms with Crippen LogP contribution in [0, 0.1) is 10.1 Å². The van der Waals surface area contributed by atoms with E-state index in [4.69, 9.17) is 0 Å². The Balaban J connectivity index is 1.66. The van der Waals surface area contributed by atoms with Gasteiger partial charge in [0.1, 0.15) is 0 Å². The molecule has 10 heteroatoms. The summed E-state index contributed by atoms with van der Waals surface area (Å²) in [6.45, 7) is 0. The van der Waals surface area contributed by atoms with Crippen LogP contribution in [0.3, 0.4) is 0 Å². The van der Waals surface area contributed by atoms with E-state index in [0.29, 0.717) is 23.2 Å². The molecule has 166 valence electrons. The standard InChI is InChI=1S/C22H22N4O5S/c1-24(20-11-12-32(30,31)15-20)21(27)13-17-14-25(18-5-3-2-4-6-18)23-22(17)16-7-9-19(10-8-16)26(28)29/h2-10,14,20H,11-13,15H2,1H3. The minimum Gasteiger partial charge on any atom is -0.341 e. The van der Waals surface area contributed by atoms with Gasteiger partial charge < -0.3 is 4.90 Å². The third kappa shape index (κ3) is 4.54. The Labute approximate surface area is 185 Å². The number of hydrogen-bond donors (Lipinski definition) is 0. The minimum atomic E-state index is -3.11. The molecule has 1 fully saturated rings. The van der Waals surface area contributed by atoms with Crippen LogP contribution >= 0.6 is 0 Å². The Morgan fingerprint density at radius 2 is 1.88 bits per heavy atom. The zero-order chi connectivity index (χ0) is 22.9. The highest BCUT2D eigenvalue weighted by molar-refractivity contribution is 7.91. The molecule has 32 heavy (non-hydrogen) atoms. The molecule has 0 N–H and O–H groups in total. The lowest BCUT2D eigenvalue weighted by molar-refractivity contribution is -0.384. The molecule has 0 radical (unpaired) electrons. The molecule has 1 amide bonds. The largest absolute Gasteiger partial charge is 0.341 e. The van der Waals surface area contributed by atoms with Crippen LogP contribution in [-0.4, -0.2) is 58.5 Å². The smallest absolute Gasteiger partial charge is 0.269 e. The van der Waals surface area contributed by atoms with Crippen molar-refractivity contribution in [3.05, 3.63) is 76.5 Å². The molecule has 0 bridgehead atoms. The summed E-state index contributed by atoms with van der Waals surface area (Å²) in [4.78, 5) is 25.0. The first-order valence-corrected chi connectivity index (χ1v) is 11.9. The molecule has 1 aromatic heterocycles. The maximum atomic E-state index is 13.0. The van der Waals surface area contributed by atoms with Gasteiger partial charge in [-0.2, -0.15) is 5.10 Å². The molecule has 2 aromatic carbocycles. The lowest BCUT2D eigenvalue weighted by atomic mass is 10.0. The molecule has 0 spiro atoms. The van der Waals surface area contributed by atoms with E-state index in [1.807, 2.05) is 30.3 Å². The second kappa shape index (κ2) is 8.54. The van der Waals surface area contributed by atoms with Crippen LogP contribution in [0.1, 0.15) is 12.0 Å². The first-order valence-electron chi connectivity index (χ1n) is 10.1. The maximum absolute atomic E-state index is 13.0. The van der Waals surface area contributed by atoms with E-state index in [0.717, 1.165) is 5.69 Å². The van der Waals surface area contributed by atoms with Gasteiger partial charge in [-0.3, -0.25) is 14.9 Å². The van der Waals surface area contributed by atoms with E-state index in [-0.39, 0.29) is 35.6 Å². The van der Waals surface area contributed by atoms with E-state index >= 15 is 0 Å². The van der Waals surface area contributed by atoms with Crippen molar-refractivity contribution in [1.29, 1.82) is 0 Å². The molecule has 4 rings (SSSR count). The fourth-order valence-corrected chi connectivity index (χ4v) is 5.58. The lowest BCUT2D eigenvalue weighted by Crippen LogP contribution is -2.38. The number of carbonyl (C=O) groups is 1. The Bertz CT molecular complexity index is 1250. The second-order valence-electron chi connectivity index (χ2n) is 7.83. The number of aromatic nitrogens is 2. The van der Waals surface area contributed by atoms with Crippen LogP contribution in [0.15, 0.2) is 60.8 Å². The molecule has 1 aliphatic heterocycles. The highest BCUT2D eigenvalue weighted by Crippen LogP contribution is 2.27. The summed E-state index contributed by atoms with van der Waals surface area (Å²) in [7, 11) is -1.48. The number of likely N-dealkylation sites (N-methyl/N-ethyl adjacent to an activating group) is 1. The monoisotopic (exact) mass is 454 g/mol. The number of carbonyl (C=O) groups excluding carboxylic acids is 1. The van der Waals surface area contributed by atoms with Gasteiger partial charge in [0.05, 0.1) is 34.2 Å². The number of para-hydroxylation sites is 1. The predicted molar refractivity (Wildman–Crippen MR) is 119 cm³/mol.